The quantitative estimate of drug-likeness (QED) is 0.776. The van der Waals surface area contributed by atoms with Crippen molar-refractivity contribution in [3.8, 4) is 0 Å². The Bertz CT molecular complexity index is 495. The van der Waals surface area contributed by atoms with Gasteiger partial charge in [-0.1, -0.05) is 0 Å². The molecule has 0 spiro atoms. The van der Waals surface area contributed by atoms with Gasteiger partial charge in [0, 0.05) is 18.0 Å². The maximum absolute atomic E-state index is 11.0. The Kier molecular flexibility index (Phi) is 4.30. The van der Waals surface area contributed by atoms with Crippen LogP contribution in [0.5, 0.6) is 0 Å². The lowest BCUT2D eigenvalue weighted by molar-refractivity contribution is -0.140. The average Bonchev–Trinajstić information content (AvgIpc) is 3.04. The number of hydrogen-bond donors (Lipinski definition) is 2. The first-order valence-corrected chi connectivity index (χ1v) is 6.38. The van der Waals surface area contributed by atoms with Crippen LogP contribution in [0, 0.1) is 0 Å². The molecule has 0 saturated carbocycles. The second kappa shape index (κ2) is 6.15. The van der Waals surface area contributed by atoms with Crippen LogP contribution in [0.15, 0.2) is 17.9 Å². The van der Waals surface area contributed by atoms with Crippen molar-refractivity contribution in [3.05, 3.63) is 29.3 Å². The van der Waals surface area contributed by atoms with Crippen molar-refractivity contribution >= 4 is 22.4 Å². The second-order valence-electron chi connectivity index (χ2n) is 3.65. The number of ether oxygens (including phenoxy) is 1. The zero-order valence-electron chi connectivity index (χ0n) is 9.97. The number of aryl methyl sites for hydroxylation is 1. The molecule has 7 heteroatoms. The topological polar surface area (TPSA) is 79.9 Å². The van der Waals surface area contributed by atoms with Gasteiger partial charge in [0.15, 0.2) is 5.13 Å². The molecule has 2 N–H and O–H groups in total. The second-order valence-corrected chi connectivity index (χ2v) is 4.51. The standard InChI is InChI=1S/C11H14N4O2S/c1-17-10(16)3-2-8-6-18-11(15-8)13-5-9-4-12-7-14-9/h4,6-7H,2-3,5H2,1H3,(H,12,14)(H,13,15). The number of methoxy groups -OCH3 is 1. The van der Waals surface area contributed by atoms with Crippen LogP contribution in [0.3, 0.4) is 0 Å². The van der Waals surface area contributed by atoms with Gasteiger partial charge in [0.1, 0.15) is 0 Å². The predicted octanol–water partition coefficient (Wildman–Crippen LogP) is 1.58. The largest absolute Gasteiger partial charge is 0.469 e. The van der Waals surface area contributed by atoms with Crippen molar-refractivity contribution < 1.29 is 9.53 Å². The van der Waals surface area contributed by atoms with Gasteiger partial charge in [-0.2, -0.15) is 0 Å². The molecule has 96 valence electrons. The van der Waals surface area contributed by atoms with Gasteiger partial charge in [-0.05, 0) is 0 Å². The Hall–Kier alpha value is -1.89. The van der Waals surface area contributed by atoms with Gasteiger partial charge in [0.25, 0.3) is 0 Å². The van der Waals surface area contributed by atoms with Crippen LogP contribution < -0.4 is 5.32 Å². The molecule has 0 amide bonds. The number of nitrogens with one attached hydrogen (secondary N) is 2. The summed E-state index contributed by atoms with van der Waals surface area (Å²) in [6.07, 6.45) is 4.37. The summed E-state index contributed by atoms with van der Waals surface area (Å²) in [6, 6.07) is 0. The fourth-order valence-electron chi connectivity index (χ4n) is 1.39. The first-order chi connectivity index (χ1) is 8.78. The summed E-state index contributed by atoms with van der Waals surface area (Å²) in [5.74, 6) is -0.213. The normalized spacial score (nSPS) is 10.3. The first-order valence-electron chi connectivity index (χ1n) is 5.50. The molecule has 0 atom stereocenters. The highest BCUT2D eigenvalue weighted by atomic mass is 32.1. The molecular weight excluding hydrogens is 252 g/mol. The summed E-state index contributed by atoms with van der Waals surface area (Å²) in [7, 11) is 1.39. The van der Waals surface area contributed by atoms with E-state index in [1.54, 1.807) is 12.5 Å². The van der Waals surface area contributed by atoms with Crippen molar-refractivity contribution in [1.29, 1.82) is 0 Å². The van der Waals surface area contributed by atoms with E-state index in [0.29, 0.717) is 19.4 Å². The van der Waals surface area contributed by atoms with E-state index in [0.717, 1.165) is 16.5 Å². The van der Waals surface area contributed by atoms with Gasteiger partial charge in [0.2, 0.25) is 0 Å². The van der Waals surface area contributed by atoms with Crippen LogP contribution in [0.1, 0.15) is 17.8 Å². The van der Waals surface area contributed by atoms with Crippen molar-refractivity contribution in [3.63, 3.8) is 0 Å². The van der Waals surface area contributed by atoms with Gasteiger partial charge in [-0.15, -0.1) is 11.3 Å². The molecule has 6 nitrogen and oxygen atoms in total. The van der Waals surface area contributed by atoms with Crippen molar-refractivity contribution in [2.75, 3.05) is 12.4 Å². The molecule has 0 fully saturated rings. The van der Waals surface area contributed by atoms with Crippen LogP contribution in [0.4, 0.5) is 5.13 Å². The summed E-state index contributed by atoms with van der Waals surface area (Å²) < 4.78 is 4.59. The van der Waals surface area contributed by atoms with Crippen molar-refractivity contribution in [2.24, 2.45) is 0 Å². The Morgan fingerprint density at radius 3 is 3.22 bits per heavy atom. The lowest BCUT2D eigenvalue weighted by Crippen LogP contribution is -2.02. The van der Waals surface area contributed by atoms with E-state index in [-0.39, 0.29) is 5.97 Å². The van der Waals surface area contributed by atoms with E-state index in [9.17, 15) is 4.79 Å². The molecule has 0 saturated heterocycles. The predicted molar refractivity (Wildman–Crippen MR) is 68.4 cm³/mol. The molecule has 2 aromatic heterocycles. The van der Waals surface area contributed by atoms with E-state index in [1.807, 2.05) is 5.38 Å². The summed E-state index contributed by atoms with van der Waals surface area (Å²) >= 11 is 1.52. The van der Waals surface area contributed by atoms with Gasteiger partial charge >= 0.3 is 5.97 Å². The van der Waals surface area contributed by atoms with E-state index in [2.05, 4.69) is 25.0 Å². The molecule has 2 rings (SSSR count). The molecule has 0 bridgehead atoms. The number of anilines is 1. The monoisotopic (exact) mass is 266 g/mol. The van der Waals surface area contributed by atoms with Crippen LogP contribution in [0.2, 0.25) is 0 Å². The highest BCUT2D eigenvalue weighted by Crippen LogP contribution is 2.17. The van der Waals surface area contributed by atoms with Crippen molar-refractivity contribution in [2.45, 2.75) is 19.4 Å². The fraction of sp³-hybridized carbons (Fsp3) is 0.364. The van der Waals surface area contributed by atoms with E-state index in [4.69, 9.17) is 0 Å². The van der Waals surface area contributed by atoms with E-state index >= 15 is 0 Å². The summed E-state index contributed by atoms with van der Waals surface area (Å²) in [5, 5.41) is 5.97. The number of aromatic nitrogens is 3. The Morgan fingerprint density at radius 1 is 1.61 bits per heavy atom. The average molecular weight is 266 g/mol. The molecule has 0 radical (unpaired) electrons. The summed E-state index contributed by atoms with van der Waals surface area (Å²) in [4.78, 5) is 22.3. The maximum Gasteiger partial charge on any atom is 0.305 e. The van der Waals surface area contributed by atoms with Gasteiger partial charge < -0.3 is 15.0 Å². The maximum atomic E-state index is 11.0. The number of imidazole rings is 1. The Morgan fingerprint density at radius 2 is 2.50 bits per heavy atom. The molecule has 0 aromatic carbocycles. The molecule has 0 aliphatic heterocycles. The third kappa shape index (κ3) is 3.56. The van der Waals surface area contributed by atoms with Crippen LogP contribution in [-0.4, -0.2) is 28.0 Å². The number of hydrogen-bond acceptors (Lipinski definition) is 6. The first kappa shape index (κ1) is 12.6. The SMILES string of the molecule is COC(=O)CCc1csc(NCc2cnc[nH]2)n1. The van der Waals surface area contributed by atoms with Crippen molar-refractivity contribution in [1.82, 2.24) is 15.0 Å². The van der Waals surface area contributed by atoms with Crippen LogP contribution in [0.25, 0.3) is 0 Å². The van der Waals surface area contributed by atoms with E-state index < -0.39 is 0 Å². The fourth-order valence-corrected chi connectivity index (χ4v) is 2.13. The number of rotatable bonds is 6. The number of H-pyrrole nitrogens is 1. The molecule has 18 heavy (non-hydrogen) atoms. The number of thiazole rings is 1. The van der Waals surface area contributed by atoms with Gasteiger partial charge in [0.05, 0.1) is 37.8 Å². The lowest BCUT2D eigenvalue weighted by atomic mass is 10.2. The number of aromatic amines is 1. The molecular formula is C11H14N4O2S. The van der Waals surface area contributed by atoms with Gasteiger partial charge in [-0.3, -0.25) is 4.79 Å². The number of nitrogens with zero attached hydrogens (tertiary/aromatic N) is 2. The minimum atomic E-state index is -0.213. The highest BCUT2D eigenvalue weighted by molar-refractivity contribution is 7.13. The number of carbonyl (C=O) groups excluding carboxylic acids is 1. The zero-order chi connectivity index (χ0) is 12.8. The lowest BCUT2D eigenvalue weighted by Gasteiger charge is -1.99. The minimum absolute atomic E-state index is 0.213. The summed E-state index contributed by atoms with van der Waals surface area (Å²) in [5.41, 5.74) is 1.90. The third-order valence-electron chi connectivity index (χ3n) is 2.35. The summed E-state index contributed by atoms with van der Waals surface area (Å²) in [6.45, 7) is 0.657. The molecule has 0 aliphatic carbocycles. The zero-order valence-corrected chi connectivity index (χ0v) is 10.8. The van der Waals surface area contributed by atoms with Crippen LogP contribution >= 0.6 is 11.3 Å². The Labute approximate surface area is 108 Å². The third-order valence-corrected chi connectivity index (χ3v) is 3.20. The minimum Gasteiger partial charge on any atom is -0.469 e. The van der Waals surface area contributed by atoms with Gasteiger partial charge in [-0.25, -0.2) is 9.97 Å². The molecule has 0 unspecified atom stereocenters. The number of carbonyl (C=O) groups is 1. The molecule has 2 aromatic rings. The van der Waals surface area contributed by atoms with E-state index in [1.165, 1.54) is 18.4 Å². The van der Waals surface area contributed by atoms with Crippen LogP contribution in [-0.2, 0) is 22.5 Å². The molecule has 2 heterocycles. The Balaban J connectivity index is 1.80. The molecule has 0 aliphatic rings. The highest BCUT2D eigenvalue weighted by Gasteiger charge is 2.05. The smallest absolute Gasteiger partial charge is 0.305 e. The number of esters is 1.